The van der Waals surface area contributed by atoms with Crippen LogP contribution in [0.2, 0.25) is 0 Å². The molecule has 2 N–H and O–H groups in total. The summed E-state index contributed by atoms with van der Waals surface area (Å²) in [6.07, 6.45) is -0.828. The van der Waals surface area contributed by atoms with Crippen LogP contribution in [0.4, 0.5) is 4.79 Å². The Morgan fingerprint density at radius 1 is 1.53 bits per heavy atom. The lowest BCUT2D eigenvalue weighted by Crippen LogP contribution is -2.35. The zero-order valence-corrected chi connectivity index (χ0v) is 13.3. The molecule has 0 bridgehead atoms. The van der Waals surface area contributed by atoms with Crippen molar-refractivity contribution >= 4 is 39.3 Å². The fourth-order valence-corrected chi connectivity index (χ4v) is 2.83. The molecule has 7 heteroatoms. The first-order chi connectivity index (χ1) is 8.69. The summed E-state index contributed by atoms with van der Waals surface area (Å²) in [5, 5.41) is 13.3. The van der Waals surface area contributed by atoms with Gasteiger partial charge in [-0.2, -0.15) is 0 Å². The quantitative estimate of drug-likeness (QED) is 0.871. The number of carbonyl (C=O) groups is 2. The minimum absolute atomic E-state index is 0.200. The Morgan fingerprint density at radius 3 is 2.58 bits per heavy atom. The maximum Gasteiger partial charge on any atom is 0.408 e. The molecular formula is C12H16BrNO4S. The van der Waals surface area contributed by atoms with Crippen molar-refractivity contribution in [2.75, 3.05) is 0 Å². The van der Waals surface area contributed by atoms with E-state index in [9.17, 15) is 9.59 Å². The number of ether oxygens (including phenoxy) is 1. The van der Waals surface area contributed by atoms with Crippen LogP contribution in [-0.2, 0) is 9.53 Å². The van der Waals surface area contributed by atoms with E-state index in [0.29, 0.717) is 0 Å². The first-order valence-corrected chi connectivity index (χ1v) is 7.30. The van der Waals surface area contributed by atoms with Gasteiger partial charge < -0.3 is 15.2 Å². The Labute approximate surface area is 124 Å². The number of hydrogen-bond donors (Lipinski definition) is 2. The number of rotatable bonds is 4. The molecule has 1 amide bonds. The third kappa shape index (κ3) is 5.61. The van der Waals surface area contributed by atoms with Gasteiger partial charge in [0.1, 0.15) is 5.60 Å². The monoisotopic (exact) mass is 349 g/mol. The van der Waals surface area contributed by atoms with Gasteiger partial charge in [-0.3, -0.25) is 4.79 Å². The molecule has 5 nitrogen and oxygen atoms in total. The zero-order chi connectivity index (χ0) is 14.6. The predicted octanol–water partition coefficient (Wildman–Crippen LogP) is 3.55. The Hall–Kier alpha value is -1.08. The van der Waals surface area contributed by atoms with Crippen molar-refractivity contribution in [3.8, 4) is 0 Å². The van der Waals surface area contributed by atoms with Crippen LogP contribution in [0.25, 0.3) is 0 Å². The average Bonchev–Trinajstić information content (AvgIpc) is 2.59. The van der Waals surface area contributed by atoms with Crippen molar-refractivity contribution in [2.24, 2.45) is 0 Å². The molecule has 0 aliphatic rings. The minimum Gasteiger partial charge on any atom is -0.481 e. The molecule has 106 valence electrons. The average molecular weight is 350 g/mol. The Balaban J connectivity index is 2.79. The molecule has 0 radical (unpaired) electrons. The molecule has 0 saturated heterocycles. The summed E-state index contributed by atoms with van der Waals surface area (Å²) < 4.78 is 5.93. The maximum absolute atomic E-state index is 11.7. The third-order valence-electron chi connectivity index (χ3n) is 2.09. The molecule has 0 saturated carbocycles. The number of aliphatic carboxylic acids is 1. The van der Waals surface area contributed by atoms with Gasteiger partial charge in [0.05, 0.1) is 16.2 Å². The van der Waals surface area contributed by atoms with Gasteiger partial charge in [0, 0.05) is 5.56 Å². The van der Waals surface area contributed by atoms with Crippen LogP contribution in [0, 0.1) is 0 Å². The molecule has 1 heterocycles. The van der Waals surface area contributed by atoms with E-state index in [1.807, 2.05) is 5.38 Å². The lowest BCUT2D eigenvalue weighted by Gasteiger charge is -2.23. The van der Waals surface area contributed by atoms with Crippen LogP contribution >= 0.6 is 27.3 Å². The Morgan fingerprint density at radius 2 is 2.16 bits per heavy atom. The van der Waals surface area contributed by atoms with E-state index < -0.39 is 23.7 Å². The molecule has 1 aromatic rings. The number of carboxylic acids is 1. The summed E-state index contributed by atoms with van der Waals surface area (Å²) in [5.74, 6) is -0.987. The van der Waals surface area contributed by atoms with Crippen molar-refractivity contribution < 1.29 is 19.4 Å². The van der Waals surface area contributed by atoms with Crippen LogP contribution < -0.4 is 5.32 Å². The summed E-state index contributed by atoms with van der Waals surface area (Å²) in [7, 11) is 0. The number of carboxylic acid groups (broad SMARTS) is 1. The SMILES string of the molecule is CC(C)(C)OC(=O)NC(CC(=O)O)c1ccsc1Br. The molecule has 0 aromatic carbocycles. The lowest BCUT2D eigenvalue weighted by molar-refractivity contribution is -0.137. The van der Waals surface area contributed by atoms with Crippen LogP contribution in [0.15, 0.2) is 15.2 Å². The molecule has 19 heavy (non-hydrogen) atoms. The fourth-order valence-electron chi connectivity index (χ4n) is 1.42. The summed E-state index contributed by atoms with van der Waals surface area (Å²) in [6, 6.07) is 1.16. The second-order valence-corrected chi connectivity index (χ2v) is 7.18. The van der Waals surface area contributed by atoms with Gasteiger partial charge in [0.25, 0.3) is 0 Å². The molecular weight excluding hydrogens is 334 g/mol. The van der Waals surface area contributed by atoms with Crippen molar-refractivity contribution in [1.82, 2.24) is 5.32 Å². The zero-order valence-electron chi connectivity index (χ0n) is 10.9. The van der Waals surface area contributed by atoms with Gasteiger partial charge in [-0.15, -0.1) is 11.3 Å². The van der Waals surface area contributed by atoms with Gasteiger partial charge in [-0.25, -0.2) is 4.79 Å². The van der Waals surface area contributed by atoms with Gasteiger partial charge in [0.15, 0.2) is 0 Å². The molecule has 1 atom stereocenters. The van der Waals surface area contributed by atoms with Crippen molar-refractivity contribution in [1.29, 1.82) is 0 Å². The van der Waals surface area contributed by atoms with E-state index in [4.69, 9.17) is 9.84 Å². The van der Waals surface area contributed by atoms with Gasteiger partial charge in [0.2, 0.25) is 0 Å². The highest BCUT2D eigenvalue weighted by Gasteiger charge is 2.24. The Kier molecular flexibility index (Phi) is 5.37. The highest BCUT2D eigenvalue weighted by Crippen LogP contribution is 2.30. The van der Waals surface area contributed by atoms with E-state index in [1.165, 1.54) is 11.3 Å². The van der Waals surface area contributed by atoms with E-state index in [1.54, 1.807) is 26.8 Å². The second kappa shape index (κ2) is 6.38. The van der Waals surface area contributed by atoms with E-state index in [0.717, 1.165) is 9.35 Å². The highest BCUT2D eigenvalue weighted by atomic mass is 79.9. The first-order valence-electron chi connectivity index (χ1n) is 5.63. The lowest BCUT2D eigenvalue weighted by atomic mass is 10.1. The second-order valence-electron chi connectivity index (χ2n) is 4.95. The minimum atomic E-state index is -0.987. The van der Waals surface area contributed by atoms with E-state index in [-0.39, 0.29) is 6.42 Å². The van der Waals surface area contributed by atoms with Crippen LogP contribution in [0.1, 0.15) is 38.8 Å². The van der Waals surface area contributed by atoms with E-state index in [2.05, 4.69) is 21.2 Å². The number of thiophene rings is 1. The van der Waals surface area contributed by atoms with Crippen LogP contribution in [0.5, 0.6) is 0 Å². The number of nitrogens with one attached hydrogen (secondary N) is 1. The maximum atomic E-state index is 11.7. The molecule has 1 unspecified atom stereocenters. The van der Waals surface area contributed by atoms with Crippen LogP contribution in [-0.4, -0.2) is 22.8 Å². The van der Waals surface area contributed by atoms with Crippen molar-refractivity contribution in [3.63, 3.8) is 0 Å². The van der Waals surface area contributed by atoms with E-state index >= 15 is 0 Å². The number of alkyl carbamates (subject to hydrolysis) is 1. The van der Waals surface area contributed by atoms with Gasteiger partial charge >= 0.3 is 12.1 Å². The van der Waals surface area contributed by atoms with Crippen LogP contribution in [0.3, 0.4) is 0 Å². The molecule has 0 aliphatic heterocycles. The molecule has 0 spiro atoms. The van der Waals surface area contributed by atoms with Crippen molar-refractivity contribution in [3.05, 3.63) is 20.8 Å². The number of halogens is 1. The summed E-state index contributed by atoms with van der Waals surface area (Å²) in [4.78, 5) is 22.6. The molecule has 1 rings (SSSR count). The summed E-state index contributed by atoms with van der Waals surface area (Å²) >= 11 is 4.77. The van der Waals surface area contributed by atoms with Gasteiger partial charge in [-0.05, 0) is 48.1 Å². The Bertz CT molecular complexity index is 467. The highest BCUT2D eigenvalue weighted by molar-refractivity contribution is 9.11. The molecule has 1 aromatic heterocycles. The largest absolute Gasteiger partial charge is 0.481 e. The van der Waals surface area contributed by atoms with Crippen molar-refractivity contribution in [2.45, 2.75) is 38.8 Å². The molecule has 0 aliphatic carbocycles. The predicted molar refractivity (Wildman–Crippen MR) is 76.4 cm³/mol. The number of amides is 1. The normalized spacial score (nSPS) is 12.8. The smallest absolute Gasteiger partial charge is 0.408 e. The number of hydrogen-bond acceptors (Lipinski definition) is 4. The summed E-state index contributed by atoms with van der Waals surface area (Å²) in [5.41, 5.74) is 0.113. The summed E-state index contributed by atoms with van der Waals surface area (Å²) in [6.45, 7) is 5.25. The topological polar surface area (TPSA) is 75.6 Å². The fraction of sp³-hybridized carbons (Fsp3) is 0.500. The molecule has 0 fully saturated rings. The van der Waals surface area contributed by atoms with Gasteiger partial charge in [-0.1, -0.05) is 0 Å². The third-order valence-corrected chi connectivity index (χ3v) is 3.82. The standard InChI is InChI=1S/C12H16BrNO4S/c1-12(2,3)18-11(17)14-8(6-9(15)16)7-4-5-19-10(7)13/h4-5,8H,6H2,1-3H3,(H,14,17)(H,15,16). The first kappa shape index (κ1) is 16.0. The number of carbonyl (C=O) groups excluding carboxylic acids is 1.